The molecule has 1 heterocycles. The van der Waals surface area contributed by atoms with E-state index in [0.29, 0.717) is 0 Å². The van der Waals surface area contributed by atoms with Gasteiger partial charge in [-0.05, 0) is 91.9 Å². The Labute approximate surface area is 234 Å². The normalized spacial score (nSPS) is 11.1. The maximum absolute atomic E-state index is 6.11. The van der Waals surface area contributed by atoms with Crippen molar-refractivity contribution < 1.29 is 4.42 Å². The lowest BCUT2D eigenvalue weighted by atomic mass is 10.1. The molecular formula is C37H28N2O. The van der Waals surface area contributed by atoms with Crippen molar-refractivity contribution in [3.8, 4) is 0 Å². The molecule has 0 atom stereocenters. The Kier molecular flexibility index (Phi) is 6.02. The minimum atomic E-state index is 0.893. The molecule has 0 aliphatic heterocycles. The largest absolute Gasteiger partial charge is 0.456 e. The van der Waals surface area contributed by atoms with E-state index >= 15 is 0 Å². The second kappa shape index (κ2) is 10.1. The zero-order valence-electron chi connectivity index (χ0n) is 22.2. The van der Waals surface area contributed by atoms with Crippen LogP contribution in [-0.4, -0.2) is 0 Å². The van der Waals surface area contributed by atoms with Crippen molar-refractivity contribution in [2.45, 2.75) is 6.92 Å². The first-order valence-electron chi connectivity index (χ1n) is 13.5. The summed E-state index contributed by atoms with van der Waals surface area (Å²) in [5.74, 6) is 0. The van der Waals surface area contributed by atoms with E-state index in [1.165, 1.54) is 5.56 Å². The van der Waals surface area contributed by atoms with Gasteiger partial charge in [-0.2, -0.15) is 0 Å². The summed E-state index contributed by atoms with van der Waals surface area (Å²) in [4.78, 5) is 4.59. The summed E-state index contributed by atoms with van der Waals surface area (Å²) < 4.78 is 6.11. The Morgan fingerprint density at radius 2 is 0.800 bits per heavy atom. The van der Waals surface area contributed by atoms with Crippen LogP contribution in [-0.2, 0) is 0 Å². The molecule has 0 aliphatic carbocycles. The van der Waals surface area contributed by atoms with Crippen molar-refractivity contribution >= 4 is 56.1 Å². The number of para-hydroxylation sites is 3. The molecule has 0 unspecified atom stereocenters. The van der Waals surface area contributed by atoms with Crippen LogP contribution < -0.4 is 9.80 Å². The standard InChI is InChI=1S/C37H28N2O/c1-27-16-18-30(19-17-27)38(28-10-4-2-5-11-28)31-20-22-32(23-21-31)39(29-12-6-3-7-13-29)33-24-25-37-35(26-33)34-14-8-9-15-36(34)40-37/h2-26H,1H3. The van der Waals surface area contributed by atoms with Gasteiger partial charge in [0, 0.05) is 44.9 Å². The highest BCUT2D eigenvalue weighted by atomic mass is 16.3. The summed E-state index contributed by atoms with van der Waals surface area (Å²) in [6, 6.07) is 53.1. The fraction of sp³-hybridized carbons (Fsp3) is 0.0270. The van der Waals surface area contributed by atoms with Crippen molar-refractivity contribution in [2.75, 3.05) is 9.80 Å². The van der Waals surface area contributed by atoms with Crippen LogP contribution in [0.1, 0.15) is 5.56 Å². The molecule has 192 valence electrons. The first kappa shape index (κ1) is 23.8. The van der Waals surface area contributed by atoms with E-state index in [9.17, 15) is 0 Å². The van der Waals surface area contributed by atoms with Gasteiger partial charge < -0.3 is 14.2 Å². The summed E-state index contributed by atoms with van der Waals surface area (Å²) >= 11 is 0. The van der Waals surface area contributed by atoms with Crippen LogP contribution in [0.25, 0.3) is 21.9 Å². The minimum absolute atomic E-state index is 0.893. The summed E-state index contributed by atoms with van der Waals surface area (Å²) in [6.07, 6.45) is 0. The lowest BCUT2D eigenvalue weighted by Gasteiger charge is -2.28. The van der Waals surface area contributed by atoms with Gasteiger partial charge in [-0.15, -0.1) is 0 Å². The third-order valence-electron chi connectivity index (χ3n) is 7.31. The first-order valence-corrected chi connectivity index (χ1v) is 13.5. The summed E-state index contributed by atoms with van der Waals surface area (Å²) in [5.41, 5.74) is 9.65. The second-order valence-electron chi connectivity index (χ2n) is 9.97. The Morgan fingerprint density at radius 1 is 0.375 bits per heavy atom. The van der Waals surface area contributed by atoms with Gasteiger partial charge in [0.05, 0.1) is 0 Å². The Balaban J connectivity index is 1.33. The van der Waals surface area contributed by atoms with Crippen LogP contribution in [0.2, 0.25) is 0 Å². The molecule has 0 fully saturated rings. The molecule has 6 aromatic carbocycles. The van der Waals surface area contributed by atoms with Crippen molar-refractivity contribution in [3.05, 3.63) is 157 Å². The van der Waals surface area contributed by atoms with Crippen LogP contribution in [0.3, 0.4) is 0 Å². The second-order valence-corrected chi connectivity index (χ2v) is 9.97. The van der Waals surface area contributed by atoms with Crippen molar-refractivity contribution in [1.29, 1.82) is 0 Å². The van der Waals surface area contributed by atoms with E-state index in [-0.39, 0.29) is 0 Å². The van der Waals surface area contributed by atoms with Gasteiger partial charge in [-0.1, -0.05) is 72.3 Å². The maximum atomic E-state index is 6.11. The highest BCUT2D eigenvalue weighted by molar-refractivity contribution is 6.06. The molecule has 0 saturated heterocycles. The topological polar surface area (TPSA) is 19.6 Å². The monoisotopic (exact) mass is 516 g/mol. The molecule has 0 spiro atoms. The quantitative estimate of drug-likeness (QED) is 0.219. The van der Waals surface area contributed by atoms with E-state index in [1.54, 1.807) is 0 Å². The molecule has 7 aromatic rings. The van der Waals surface area contributed by atoms with Gasteiger partial charge in [0.2, 0.25) is 0 Å². The van der Waals surface area contributed by atoms with Gasteiger partial charge in [-0.3, -0.25) is 0 Å². The predicted molar refractivity (Wildman–Crippen MR) is 168 cm³/mol. The van der Waals surface area contributed by atoms with E-state index in [1.807, 2.05) is 12.1 Å². The summed E-state index contributed by atoms with van der Waals surface area (Å²) in [5, 5.41) is 2.24. The third-order valence-corrected chi connectivity index (χ3v) is 7.31. The first-order chi connectivity index (χ1) is 19.7. The lowest BCUT2D eigenvalue weighted by Crippen LogP contribution is -2.12. The zero-order chi connectivity index (χ0) is 26.9. The van der Waals surface area contributed by atoms with Gasteiger partial charge in [-0.25, -0.2) is 0 Å². The lowest BCUT2D eigenvalue weighted by molar-refractivity contribution is 0.669. The highest BCUT2D eigenvalue weighted by Gasteiger charge is 2.17. The minimum Gasteiger partial charge on any atom is -0.456 e. The van der Waals surface area contributed by atoms with Crippen molar-refractivity contribution in [1.82, 2.24) is 0 Å². The van der Waals surface area contributed by atoms with E-state index < -0.39 is 0 Å². The van der Waals surface area contributed by atoms with Gasteiger partial charge in [0.15, 0.2) is 0 Å². The molecular weight excluding hydrogens is 488 g/mol. The number of anilines is 6. The van der Waals surface area contributed by atoms with Crippen LogP contribution in [0, 0.1) is 6.92 Å². The third kappa shape index (κ3) is 4.38. The molecule has 0 amide bonds. The zero-order valence-corrected chi connectivity index (χ0v) is 22.2. The van der Waals surface area contributed by atoms with Crippen molar-refractivity contribution in [2.24, 2.45) is 0 Å². The van der Waals surface area contributed by atoms with Crippen LogP contribution in [0.15, 0.2) is 156 Å². The average Bonchev–Trinajstić information content (AvgIpc) is 3.38. The average molecular weight is 517 g/mol. The number of furan rings is 1. The maximum Gasteiger partial charge on any atom is 0.135 e. The molecule has 0 radical (unpaired) electrons. The number of hydrogen-bond acceptors (Lipinski definition) is 3. The number of rotatable bonds is 6. The predicted octanol–water partition coefficient (Wildman–Crippen LogP) is 10.8. The van der Waals surface area contributed by atoms with Gasteiger partial charge in [0.25, 0.3) is 0 Å². The molecule has 40 heavy (non-hydrogen) atoms. The number of fused-ring (bicyclic) bond motifs is 3. The number of nitrogens with zero attached hydrogens (tertiary/aromatic N) is 2. The molecule has 0 bridgehead atoms. The van der Waals surface area contributed by atoms with Gasteiger partial charge in [0.1, 0.15) is 11.2 Å². The highest BCUT2D eigenvalue weighted by Crippen LogP contribution is 2.40. The molecule has 7 rings (SSSR count). The molecule has 3 nitrogen and oxygen atoms in total. The van der Waals surface area contributed by atoms with Crippen LogP contribution in [0.4, 0.5) is 34.1 Å². The van der Waals surface area contributed by atoms with E-state index in [2.05, 4.69) is 156 Å². The van der Waals surface area contributed by atoms with Crippen LogP contribution >= 0.6 is 0 Å². The summed E-state index contributed by atoms with van der Waals surface area (Å²) in [7, 11) is 0. The SMILES string of the molecule is Cc1ccc(N(c2ccccc2)c2ccc(N(c3ccccc3)c3ccc4oc5ccccc5c4c3)cc2)cc1. The molecule has 0 aliphatic rings. The molecule has 0 saturated carbocycles. The Bertz CT molecular complexity index is 1890. The van der Waals surface area contributed by atoms with E-state index in [4.69, 9.17) is 4.42 Å². The molecule has 0 N–H and O–H groups in total. The van der Waals surface area contributed by atoms with Gasteiger partial charge >= 0.3 is 0 Å². The fourth-order valence-corrected chi connectivity index (χ4v) is 5.35. The Morgan fingerprint density at radius 3 is 1.40 bits per heavy atom. The Hall–Kier alpha value is -5.28. The van der Waals surface area contributed by atoms with Crippen molar-refractivity contribution in [3.63, 3.8) is 0 Å². The van der Waals surface area contributed by atoms with E-state index in [0.717, 1.165) is 56.1 Å². The number of aryl methyl sites for hydroxylation is 1. The smallest absolute Gasteiger partial charge is 0.135 e. The summed E-state index contributed by atoms with van der Waals surface area (Å²) in [6.45, 7) is 2.12. The molecule has 1 aromatic heterocycles. The molecule has 3 heteroatoms. The fourth-order valence-electron chi connectivity index (χ4n) is 5.35. The number of hydrogen-bond donors (Lipinski definition) is 0. The number of benzene rings is 6. The van der Waals surface area contributed by atoms with Crippen LogP contribution in [0.5, 0.6) is 0 Å².